The molecule has 0 spiro atoms. The van der Waals surface area contributed by atoms with Gasteiger partial charge in [0.2, 0.25) is 5.88 Å². The second kappa shape index (κ2) is 6.95. The van der Waals surface area contributed by atoms with Crippen LogP contribution in [0.15, 0.2) is 36.4 Å². The molecule has 0 fully saturated rings. The molecule has 2 aromatic rings. The fraction of sp³-hybridized carbons (Fsp3) is 0.312. The molecule has 0 saturated heterocycles. The third-order valence-corrected chi connectivity index (χ3v) is 3.08. The molecule has 1 aromatic heterocycles. The van der Waals surface area contributed by atoms with Crippen molar-refractivity contribution in [3.8, 4) is 17.4 Å². The molecule has 0 radical (unpaired) electrons. The van der Waals surface area contributed by atoms with E-state index in [2.05, 4.69) is 4.98 Å². The van der Waals surface area contributed by atoms with Crippen molar-refractivity contribution in [1.82, 2.24) is 4.98 Å². The molecule has 0 aliphatic carbocycles. The summed E-state index contributed by atoms with van der Waals surface area (Å²) in [6, 6.07) is 11.2. The SMILES string of the molecule is COc1cccc(COc2ccc([C@@H](C)N)cc2OC)n1. The maximum Gasteiger partial charge on any atom is 0.213 e. The average molecular weight is 288 g/mol. The summed E-state index contributed by atoms with van der Waals surface area (Å²) in [6.45, 7) is 2.26. The molecule has 0 saturated carbocycles. The minimum absolute atomic E-state index is 0.0481. The zero-order chi connectivity index (χ0) is 15.2. The molecule has 1 heterocycles. The molecule has 0 unspecified atom stereocenters. The number of nitrogens with zero attached hydrogens (tertiary/aromatic N) is 1. The predicted octanol–water partition coefficient (Wildman–Crippen LogP) is 2.70. The van der Waals surface area contributed by atoms with E-state index in [1.54, 1.807) is 20.3 Å². The van der Waals surface area contributed by atoms with Crippen molar-refractivity contribution >= 4 is 0 Å². The quantitative estimate of drug-likeness (QED) is 0.885. The summed E-state index contributed by atoms with van der Waals surface area (Å²) in [7, 11) is 3.19. The van der Waals surface area contributed by atoms with Crippen molar-refractivity contribution in [1.29, 1.82) is 0 Å². The van der Waals surface area contributed by atoms with Crippen molar-refractivity contribution in [2.24, 2.45) is 5.73 Å². The van der Waals surface area contributed by atoms with Crippen LogP contribution in [0.1, 0.15) is 24.2 Å². The Labute approximate surface area is 124 Å². The first-order valence-corrected chi connectivity index (χ1v) is 6.70. The lowest BCUT2D eigenvalue weighted by molar-refractivity contribution is 0.278. The van der Waals surface area contributed by atoms with Gasteiger partial charge in [0.25, 0.3) is 0 Å². The van der Waals surface area contributed by atoms with E-state index in [1.807, 2.05) is 37.3 Å². The molecule has 1 aromatic carbocycles. The maximum atomic E-state index is 5.86. The van der Waals surface area contributed by atoms with Crippen LogP contribution < -0.4 is 19.9 Å². The predicted molar refractivity (Wildman–Crippen MR) is 80.7 cm³/mol. The highest BCUT2D eigenvalue weighted by molar-refractivity contribution is 5.43. The lowest BCUT2D eigenvalue weighted by atomic mass is 10.1. The topological polar surface area (TPSA) is 66.6 Å². The molecule has 0 amide bonds. The van der Waals surface area contributed by atoms with Gasteiger partial charge in [-0.3, -0.25) is 0 Å². The van der Waals surface area contributed by atoms with Crippen molar-refractivity contribution in [2.45, 2.75) is 19.6 Å². The normalized spacial score (nSPS) is 11.8. The molecule has 112 valence electrons. The van der Waals surface area contributed by atoms with Crippen LogP contribution in [0.5, 0.6) is 17.4 Å². The van der Waals surface area contributed by atoms with Gasteiger partial charge in [-0.1, -0.05) is 12.1 Å². The van der Waals surface area contributed by atoms with Crippen molar-refractivity contribution in [3.05, 3.63) is 47.7 Å². The lowest BCUT2D eigenvalue weighted by Gasteiger charge is -2.13. The number of aromatic nitrogens is 1. The van der Waals surface area contributed by atoms with Gasteiger partial charge < -0.3 is 19.9 Å². The first-order valence-electron chi connectivity index (χ1n) is 6.70. The Morgan fingerprint density at radius 3 is 2.57 bits per heavy atom. The molecule has 0 aliphatic rings. The van der Waals surface area contributed by atoms with E-state index in [4.69, 9.17) is 19.9 Å². The molecular weight excluding hydrogens is 268 g/mol. The molecule has 2 N–H and O–H groups in total. The van der Waals surface area contributed by atoms with Gasteiger partial charge in [-0.15, -0.1) is 0 Å². The summed E-state index contributed by atoms with van der Waals surface area (Å²) < 4.78 is 16.2. The molecule has 5 heteroatoms. The minimum Gasteiger partial charge on any atom is -0.493 e. The second-order valence-corrected chi connectivity index (χ2v) is 4.66. The molecule has 5 nitrogen and oxygen atoms in total. The zero-order valence-electron chi connectivity index (χ0n) is 12.5. The summed E-state index contributed by atoms with van der Waals surface area (Å²) in [5.41, 5.74) is 7.65. The van der Waals surface area contributed by atoms with Crippen molar-refractivity contribution < 1.29 is 14.2 Å². The third kappa shape index (κ3) is 3.86. The number of methoxy groups -OCH3 is 2. The van der Waals surface area contributed by atoms with Gasteiger partial charge in [0.15, 0.2) is 11.5 Å². The molecule has 0 bridgehead atoms. The average Bonchev–Trinajstić information content (AvgIpc) is 2.52. The van der Waals surface area contributed by atoms with Gasteiger partial charge in [-0.05, 0) is 30.7 Å². The summed E-state index contributed by atoms with van der Waals surface area (Å²) in [5, 5.41) is 0. The van der Waals surface area contributed by atoms with Crippen LogP contribution in [-0.2, 0) is 6.61 Å². The lowest BCUT2D eigenvalue weighted by Crippen LogP contribution is -2.06. The van der Waals surface area contributed by atoms with E-state index >= 15 is 0 Å². The first-order chi connectivity index (χ1) is 10.1. The fourth-order valence-corrected chi connectivity index (χ4v) is 1.89. The summed E-state index contributed by atoms with van der Waals surface area (Å²) in [5.74, 6) is 1.88. The summed E-state index contributed by atoms with van der Waals surface area (Å²) in [6.07, 6.45) is 0. The number of nitrogens with two attached hydrogens (primary N) is 1. The van der Waals surface area contributed by atoms with Crippen LogP contribution in [-0.4, -0.2) is 19.2 Å². The smallest absolute Gasteiger partial charge is 0.213 e. The van der Waals surface area contributed by atoms with Crippen molar-refractivity contribution in [3.63, 3.8) is 0 Å². The Morgan fingerprint density at radius 1 is 1.10 bits per heavy atom. The van der Waals surface area contributed by atoms with Gasteiger partial charge in [0, 0.05) is 12.1 Å². The second-order valence-electron chi connectivity index (χ2n) is 4.66. The summed E-state index contributed by atoms with van der Waals surface area (Å²) in [4.78, 5) is 4.30. The fourth-order valence-electron chi connectivity index (χ4n) is 1.89. The molecule has 0 aliphatic heterocycles. The van der Waals surface area contributed by atoms with E-state index in [-0.39, 0.29) is 6.04 Å². The standard InChI is InChI=1S/C16H20N2O3/c1-11(17)12-7-8-14(15(9-12)19-2)21-10-13-5-4-6-16(18-13)20-3/h4-9,11H,10,17H2,1-3H3/t11-/m1/s1. The molecule has 2 rings (SSSR count). The van der Waals surface area contributed by atoms with E-state index in [1.165, 1.54) is 0 Å². The largest absolute Gasteiger partial charge is 0.493 e. The highest BCUT2D eigenvalue weighted by Crippen LogP contribution is 2.30. The highest BCUT2D eigenvalue weighted by atomic mass is 16.5. The Bertz CT molecular complexity index is 600. The van der Waals surface area contributed by atoms with E-state index in [9.17, 15) is 0 Å². The Balaban J connectivity index is 2.12. The number of rotatable bonds is 6. The van der Waals surface area contributed by atoms with Crippen LogP contribution in [0, 0.1) is 0 Å². The Kier molecular flexibility index (Phi) is 5.00. The van der Waals surface area contributed by atoms with Crippen LogP contribution in [0.3, 0.4) is 0 Å². The van der Waals surface area contributed by atoms with E-state index < -0.39 is 0 Å². The van der Waals surface area contributed by atoms with E-state index in [0.29, 0.717) is 24.0 Å². The zero-order valence-corrected chi connectivity index (χ0v) is 12.5. The van der Waals surface area contributed by atoms with E-state index in [0.717, 1.165) is 11.3 Å². The number of pyridine rings is 1. The highest BCUT2D eigenvalue weighted by Gasteiger charge is 2.09. The molecule has 1 atom stereocenters. The number of benzene rings is 1. The van der Waals surface area contributed by atoms with Crippen LogP contribution in [0.2, 0.25) is 0 Å². The summed E-state index contributed by atoms with van der Waals surface area (Å²) >= 11 is 0. The Morgan fingerprint density at radius 2 is 1.90 bits per heavy atom. The third-order valence-electron chi connectivity index (χ3n) is 3.08. The Hall–Kier alpha value is -2.27. The number of ether oxygens (including phenoxy) is 3. The van der Waals surface area contributed by atoms with Crippen LogP contribution in [0.25, 0.3) is 0 Å². The monoisotopic (exact) mass is 288 g/mol. The number of hydrogen-bond acceptors (Lipinski definition) is 5. The van der Waals surface area contributed by atoms with Crippen LogP contribution in [0.4, 0.5) is 0 Å². The van der Waals surface area contributed by atoms with Gasteiger partial charge >= 0.3 is 0 Å². The maximum absolute atomic E-state index is 5.86. The molecule has 21 heavy (non-hydrogen) atoms. The van der Waals surface area contributed by atoms with Crippen molar-refractivity contribution in [2.75, 3.05) is 14.2 Å². The van der Waals surface area contributed by atoms with Gasteiger partial charge in [0.05, 0.1) is 19.9 Å². The van der Waals surface area contributed by atoms with Gasteiger partial charge in [-0.2, -0.15) is 0 Å². The van der Waals surface area contributed by atoms with Crippen LogP contribution >= 0.6 is 0 Å². The first kappa shape index (κ1) is 15.1. The molecular formula is C16H20N2O3. The van der Waals surface area contributed by atoms with Gasteiger partial charge in [0.1, 0.15) is 6.61 Å². The number of hydrogen-bond donors (Lipinski definition) is 1. The minimum atomic E-state index is -0.0481. The van der Waals surface area contributed by atoms with Gasteiger partial charge in [-0.25, -0.2) is 4.98 Å².